The number of allylic oxidation sites excluding steroid dienone is 1. The average molecular weight is 332 g/mol. The third-order valence-electron chi connectivity index (χ3n) is 3.83. The first-order valence-electron chi connectivity index (χ1n) is 7.91. The van der Waals surface area contributed by atoms with Gasteiger partial charge in [-0.25, -0.2) is 0 Å². The summed E-state index contributed by atoms with van der Waals surface area (Å²) in [5.74, 6) is -0.365. The maximum absolute atomic E-state index is 11.8. The van der Waals surface area contributed by atoms with Crippen LogP contribution >= 0.6 is 0 Å². The summed E-state index contributed by atoms with van der Waals surface area (Å²) in [4.78, 5) is 32.8. The molecule has 0 radical (unpaired) electrons. The predicted octanol–water partition coefficient (Wildman–Crippen LogP) is 2.79. The van der Waals surface area contributed by atoms with Crippen LogP contribution in [0.1, 0.15) is 42.5 Å². The molecule has 0 aromatic heterocycles. The Bertz CT molecular complexity index is 654. The van der Waals surface area contributed by atoms with E-state index in [2.05, 4.69) is 11.4 Å². The van der Waals surface area contributed by atoms with E-state index in [-0.39, 0.29) is 29.5 Å². The number of hydrogen-bond donors (Lipinski definition) is 1. The minimum atomic E-state index is -0.643. The van der Waals surface area contributed by atoms with Crippen molar-refractivity contribution in [2.24, 2.45) is 0 Å². The van der Waals surface area contributed by atoms with E-state index in [1.165, 1.54) is 30.5 Å². The van der Waals surface area contributed by atoms with Crippen LogP contribution in [0.3, 0.4) is 0 Å². The summed E-state index contributed by atoms with van der Waals surface area (Å²) < 4.78 is 5.22. The number of carbonyl (C=O) groups excluding carboxylic acids is 2. The Morgan fingerprint density at radius 1 is 1.38 bits per heavy atom. The first kappa shape index (κ1) is 17.7. The van der Waals surface area contributed by atoms with Crippen molar-refractivity contribution in [2.45, 2.75) is 32.1 Å². The van der Waals surface area contributed by atoms with E-state index < -0.39 is 4.92 Å². The molecule has 128 valence electrons. The van der Waals surface area contributed by atoms with Crippen LogP contribution in [0.5, 0.6) is 5.75 Å². The molecule has 7 nitrogen and oxygen atoms in total. The molecule has 0 atom stereocenters. The van der Waals surface area contributed by atoms with Crippen LogP contribution in [-0.4, -0.2) is 30.3 Å². The van der Waals surface area contributed by atoms with Crippen LogP contribution in [0.2, 0.25) is 0 Å². The van der Waals surface area contributed by atoms with Crippen LogP contribution in [-0.2, 0) is 4.79 Å². The lowest BCUT2D eigenvalue weighted by Gasteiger charge is -2.13. The molecule has 0 saturated heterocycles. The molecule has 0 saturated carbocycles. The summed E-state index contributed by atoms with van der Waals surface area (Å²) in [5, 5.41) is 13.7. The molecule has 1 aliphatic carbocycles. The van der Waals surface area contributed by atoms with Gasteiger partial charge in [-0.3, -0.25) is 19.7 Å². The zero-order valence-corrected chi connectivity index (χ0v) is 13.3. The van der Waals surface area contributed by atoms with E-state index in [9.17, 15) is 19.7 Å². The minimum absolute atomic E-state index is 0.0317. The monoisotopic (exact) mass is 332 g/mol. The van der Waals surface area contributed by atoms with Gasteiger partial charge in [0.1, 0.15) is 6.29 Å². The summed E-state index contributed by atoms with van der Waals surface area (Å²) in [7, 11) is 0. The molecule has 1 aromatic rings. The van der Waals surface area contributed by atoms with Gasteiger partial charge in [0, 0.05) is 18.2 Å². The SMILES string of the molecule is O=Cc1ccc(OCC(=O)NCCC2=CCCCC2)c([N+](=O)[O-])c1. The van der Waals surface area contributed by atoms with Crippen molar-refractivity contribution in [1.29, 1.82) is 0 Å². The lowest BCUT2D eigenvalue weighted by Crippen LogP contribution is -2.30. The Labute approximate surface area is 139 Å². The number of amides is 1. The fourth-order valence-electron chi connectivity index (χ4n) is 2.56. The van der Waals surface area contributed by atoms with Crippen molar-refractivity contribution in [1.82, 2.24) is 5.32 Å². The molecule has 0 unspecified atom stereocenters. The third-order valence-corrected chi connectivity index (χ3v) is 3.83. The standard InChI is InChI=1S/C17H20N2O5/c20-11-14-6-7-16(15(10-14)19(22)23)24-12-17(21)18-9-8-13-4-2-1-3-5-13/h4,6-7,10-11H,1-3,5,8-9,12H2,(H,18,21). The Hall–Kier alpha value is -2.70. The fourth-order valence-corrected chi connectivity index (χ4v) is 2.56. The van der Waals surface area contributed by atoms with Gasteiger partial charge in [-0.15, -0.1) is 0 Å². The number of aldehydes is 1. The molecule has 0 heterocycles. The highest BCUT2D eigenvalue weighted by atomic mass is 16.6. The highest BCUT2D eigenvalue weighted by Crippen LogP contribution is 2.27. The normalized spacial score (nSPS) is 13.8. The van der Waals surface area contributed by atoms with Gasteiger partial charge >= 0.3 is 5.69 Å². The minimum Gasteiger partial charge on any atom is -0.477 e. The molecule has 0 aliphatic heterocycles. The second kappa shape index (κ2) is 8.81. The topological polar surface area (TPSA) is 98.5 Å². The lowest BCUT2D eigenvalue weighted by molar-refractivity contribution is -0.385. The van der Waals surface area contributed by atoms with E-state index in [0.29, 0.717) is 12.8 Å². The predicted molar refractivity (Wildman–Crippen MR) is 88.2 cm³/mol. The van der Waals surface area contributed by atoms with Gasteiger partial charge in [-0.05, 0) is 44.2 Å². The molecule has 2 rings (SSSR count). The zero-order valence-electron chi connectivity index (χ0n) is 13.3. The van der Waals surface area contributed by atoms with Gasteiger partial charge in [0.15, 0.2) is 12.4 Å². The van der Waals surface area contributed by atoms with Crippen molar-refractivity contribution in [3.8, 4) is 5.75 Å². The lowest BCUT2D eigenvalue weighted by atomic mass is 9.97. The molecule has 0 bridgehead atoms. The first-order valence-corrected chi connectivity index (χ1v) is 7.91. The molecule has 7 heteroatoms. The fraction of sp³-hybridized carbons (Fsp3) is 0.412. The van der Waals surface area contributed by atoms with Crippen molar-refractivity contribution in [3.05, 3.63) is 45.5 Å². The molecule has 0 spiro atoms. The average Bonchev–Trinajstić information content (AvgIpc) is 2.60. The smallest absolute Gasteiger partial charge is 0.311 e. The molecule has 24 heavy (non-hydrogen) atoms. The molecule has 1 N–H and O–H groups in total. The van der Waals surface area contributed by atoms with Crippen LogP contribution in [0.25, 0.3) is 0 Å². The number of carbonyl (C=O) groups is 2. The number of nitrogens with zero attached hydrogens (tertiary/aromatic N) is 1. The summed E-state index contributed by atoms with van der Waals surface area (Å²) in [6, 6.07) is 3.85. The molecule has 0 fully saturated rings. The van der Waals surface area contributed by atoms with Crippen LogP contribution in [0.4, 0.5) is 5.69 Å². The Balaban J connectivity index is 1.81. The number of benzene rings is 1. The van der Waals surface area contributed by atoms with Gasteiger partial charge in [0.25, 0.3) is 5.91 Å². The Morgan fingerprint density at radius 2 is 2.21 bits per heavy atom. The first-order chi connectivity index (χ1) is 11.6. The van der Waals surface area contributed by atoms with E-state index in [1.54, 1.807) is 0 Å². The number of nitrogens with one attached hydrogen (secondary N) is 1. The molecule has 1 aromatic carbocycles. The van der Waals surface area contributed by atoms with Gasteiger partial charge in [-0.1, -0.05) is 11.6 Å². The van der Waals surface area contributed by atoms with Gasteiger partial charge in [0.2, 0.25) is 0 Å². The highest BCUT2D eigenvalue weighted by Gasteiger charge is 2.17. The molecule has 1 aliphatic rings. The quantitative estimate of drug-likeness (QED) is 0.341. The number of ether oxygens (including phenoxy) is 1. The zero-order chi connectivity index (χ0) is 17.4. The van der Waals surface area contributed by atoms with Crippen molar-refractivity contribution < 1.29 is 19.2 Å². The Kier molecular flexibility index (Phi) is 6.48. The molecular formula is C17H20N2O5. The van der Waals surface area contributed by atoms with Crippen molar-refractivity contribution >= 4 is 17.9 Å². The summed E-state index contributed by atoms with van der Waals surface area (Å²) in [6.07, 6.45) is 8.18. The maximum atomic E-state index is 11.8. The Morgan fingerprint density at radius 3 is 2.88 bits per heavy atom. The van der Waals surface area contributed by atoms with Crippen molar-refractivity contribution in [2.75, 3.05) is 13.2 Å². The van der Waals surface area contributed by atoms with Gasteiger partial charge in [-0.2, -0.15) is 0 Å². The number of nitro groups is 1. The van der Waals surface area contributed by atoms with Gasteiger partial charge in [0.05, 0.1) is 4.92 Å². The maximum Gasteiger partial charge on any atom is 0.311 e. The number of nitro benzene ring substituents is 1. The second-order valence-electron chi connectivity index (χ2n) is 5.60. The van der Waals surface area contributed by atoms with Crippen LogP contribution in [0, 0.1) is 10.1 Å². The molecular weight excluding hydrogens is 312 g/mol. The van der Waals surface area contributed by atoms with Gasteiger partial charge < -0.3 is 10.1 Å². The second-order valence-corrected chi connectivity index (χ2v) is 5.60. The van der Waals surface area contributed by atoms with E-state index in [1.807, 2.05) is 0 Å². The number of rotatable bonds is 8. The van der Waals surface area contributed by atoms with E-state index in [4.69, 9.17) is 4.74 Å². The summed E-state index contributed by atoms with van der Waals surface area (Å²) >= 11 is 0. The van der Waals surface area contributed by atoms with Crippen molar-refractivity contribution in [3.63, 3.8) is 0 Å². The highest BCUT2D eigenvalue weighted by molar-refractivity contribution is 5.79. The van der Waals surface area contributed by atoms with Crippen LogP contribution < -0.4 is 10.1 Å². The molecule has 1 amide bonds. The summed E-state index contributed by atoms with van der Waals surface area (Å²) in [5.41, 5.74) is 1.21. The van der Waals surface area contributed by atoms with E-state index in [0.717, 1.165) is 25.3 Å². The van der Waals surface area contributed by atoms with Crippen LogP contribution in [0.15, 0.2) is 29.8 Å². The summed E-state index contributed by atoms with van der Waals surface area (Å²) in [6.45, 7) is 0.223. The number of hydrogen-bond acceptors (Lipinski definition) is 5. The van der Waals surface area contributed by atoms with E-state index >= 15 is 0 Å². The largest absolute Gasteiger partial charge is 0.477 e. The third kappa shape index (κ3) is 5.19.